The van der Waals surface area contributed by atoms with Crippen LogP contribution in [-0.4, -0.2) is 15.0 Å². The Morgan fingerprint density at radius 3 is 2.38 bits per heavy atom. The predicted molar refractivity (Wildman–Crippen MR) is 107 cm³/mol. The molecule has 0 unspecified atom stereocenters. The van der Waals surface area contributed by atoms with Crippen LogP contribution >= 0.6 is 0 Å². The van der Waals surface area contributed by atoms with Crippen LogP contribution in [0.4, 0.5) is 17.5 Å². The highest BCUT2D eigenvalue weighted by atomic mass is 15.1. The molecule has 0 radical (unpaired) electrons. The molecule has 0 bridgehead atoms. The minimum atomic E-state index is 0.620. The third-order valence-electron chi connectivity index (χ3n) is 4.29. The van der Waals surface area contributed by atoms with Gasteiger partial charge in [0.2, 0.25) is 5.95 Å². The second kappa shape index (κ2) is 8.43. The lowest BCUT2D eigenvalue weighted by molar-refractivity contribution is 1.04. The van der Waals surface area contributed by atoms with Crippen LogP contribution in [0.1, 0.15) is 36.2 Å². The molecule has 3 rings (SSSR count). The molecule has 0 saturated carbocycles. The van der Waals surface area contributed by atoms with E-state index in [9.17, 15) is 0 Å². The van der Waals surface area contributed by atoms with Crippen molar-refractivity contribution >= 4 is 17.5 Å². The summed E-state index contributed by atoms with van der Waals surface area (Å²) in [4.78, 5) is 13.3. The Morgan fingerprint density at radius 2 is 1.73 bits per heavy atom. The molecule has 0 amide bonds. The molecule has 0 saturated heterocycles. The van der Waals surface area contributed by atoms with E-state index in [0.29, 0.717) is 12.5 Å². The second-order valence-electron chi connectivity index (χ2n) is 6.22. The Bertz CT molecular complexity index is 839. The van der Waals surface area contributed by atoms with Crippen molar-refractivity contribution in [1.29, 1.82) is 0 Å². The Kier molecular flexibility index (Phi) is 5.79. The molecular weight excluding hydrogens is 322 g/mol. The number of anilines is 3. The van der Waals surface area contributed by atoms with Gasteiger partial charge in [0.1, 0.15) is 5.82 Å². The van der Waals surface area contributed by atoms with Crippen molar-refractivity contribution in [1.82, 2.24) is 15.0 Å². The fourth-order valence-electron chi connectivity index (χ4n) is 2.93. The summed E-state index contributed by atoms with van der Waals surface area (Å²) in [5, 5.41) is 6.80. The summed E-state index contributed by atoms with van der Waals surface area (Å²) in [7, 11) is 0. The van der Waals surface area contributed by atoms with Gasteiger partial charge in [0.25, 0.3) is 0 Å². The lowest BCUT2D eigenvalue weighted by Gasteiger charge is -2.15. The summed E-state index contributed by atoms with van der Waals surface area (Å²) in [6.45, 7) is 6.99. The van der Waals surface area contributed by atoms with E-state index in [2.05, 4.69) is 57.6 Å². The first-order chi connectivity index (χ1) is 12.7. The molecule has 2 aromatic heterocycles. The van der Waals surface area contributed by atoms with E-state index in [0.717, 1.165) is 35.6 Å². The Balaban J connectivity index is 1.82. The molecule has 2 heterocycles. The molecule has 5 nitrogen and oxygen atoms in total. The summed E-state index contributed by atoms with van der Waals surface area (Å²) < 4.78 is 0. The standard InChI is InChI=1S/C21H25N5/c1-4-17-9-6-10-18(5-2)20(17)26-21-24-15(3)12-19(25-21)23-14-16-8-7-11-22-13-16/h6-13H,4-5,14H2,1-3H3,(H2,23,24,25,26). The number of pyridine rings is 1. The van der Waals surface area contributed by atoms with Gasteiger partial charge < -0.3 is 10.6 Å². The first kappa shape index (κ1) is 17.9. The maximum absolute atomic E-state index is 4.64. The predicted octanol–water partition coefficient (Wildman–Crippen LogP) is 4.66. The quantitative estimate of drug-likeness (QED) is 0.651. The van der Waals surface area contributed by atoms with Gasteiger partial charge in [-0.2, -0.15) is 4.98 Å². The van der Waals surface area contributed by atoms with Crippen molar-refractivity contribution in [3.05, 3.63) is 71.2 Å². The van der Waals surface area contributed by atoms with E-state index in [-0.39, 0.29) is 0 Å². The van der Waals surface area contributed by atoms with Gasteiger partial charge in [-0.15, -0.1) is 0 Å². The van der Waals surface area contributed by atoms with Crippen molar-refractivity contribution in [3.8, 4) is 0 Å². The van der Waals surface area contributed by atoms with Gasteiger partial charge in [0.05, 0.1) is 0 Å². The van der Waals surface area contributed by atoms with E-state index < -0.39 is 0 Å². The van der Waals surface area contributed by atoms with Crippen LogP contribution in [-0.2, 0) is 19.4 Å². The summed E-state index contributed by atoms with van der Waals surface area (Å²) in [5.41, 5.74) is 5.71. The van der Waals surface area contributed by atoms with E-state index in [1.807, 2.05) is 31.3 Å². The molecule has 0 fully saturated rings. The SMILES string of the molecule is CCc1cccc(CC)c1Nc1nc(C)cc(NCc2cccnc2)n1. The fourth-order valence-corrected chi connectivity index (χ4v) is 2.93. The first-order valence-corrected chi connectivity index (χ1v) is 9.05. The van der Waals surface area contributed by atoms with E-state index in [1.54, 1.807) is 6.20 Å². The van der Waals surface area contributed by atoms with E-state index in [4.69, 9.17) is 0 Å². The maximum Gasteiger partial charge on any atom is 0.229 e. The molecular formula is C21H25N5. The molecule has 0 spiro atoms. The molecule has 1 aromatic carbocycles. The van der Waals surface area contributed by atoms with Gasteiger partial charge in [0.15, 0.2) is 0 Å². The first-order valence-electron chi connectivity index (χ1n) is 9.05. The number of rotatable bonds is 7. The van der Waals surface area contributed by atoms with Crippen LogP contribution in [0.5, 0.6) is 0 Å². The van der Waals surface area contributed by atoms with Gasteiger partial charge in [0, 0.05) is 36.4 Å². The van der Waals surface area contributed by atoms with Crippen LogP contribution in [0.2, 0.25) is 0 Å². The molecule has 0 aliphatic carbocycles. The Labute approximate surface area is 154 Å². The number of para-hydroxylation sites is 1. The number of benzene rings is 1. The highest BCUT2D eigenvalue weighted by molar-refractivity contribution is 5.64. The Morgan fingerprint density at radius 1 is 0.962 bits per heavy atom. The topological polar surface area (TPSA) is 62.7 Å². The molecule has 3 aromatic rings. The second-order valence-corrected chi connectivity index (χ2v) is 6.22. The summed E-state index contributed by atoms with van der Waals surface area (Å²) >= 11 is 0. The molecule has 2 N–H and O–H groups in total. The third kappa shape index (κ3) is 4.36. The van der Waals surface area contributed by atoms with Gasteiger partial charge >= 0.3 is 0 Å². The largest absolute Gasteiger partial charge is 0.366 e. The molecule has 26 heavy (non-hydrogen) atoms. The van der Waals surface area contributed by atoms with Crippen molar-refractivity contribution in [3.63, 3.8) is 0 Å². The molecule has 134 valence electrons. The Hall–Kier alpha value is -2.95. The highest BCUT2D eigenvalue weighted by Crippen LogP contribution is 2.25. The number of nitrogens with zero attached hydrogens (tertiary/aromatic N) is 3. The summed E-state index contributed by atoms with van der Waals surface area (Å²) in [6, 6.07) is 12.3. The summed E-state index contributed by atoms with van der Waals surface area (Å²) in [5.74, 6) is 1.42. The van der Waals surface area contributed by atoms with Crippen molar-refractivity contribution < 1.29 is 0 Å². The van der Waals surface area contributed by atoms with Crippen molar-refractivity contribution in [2.45, 2.75) is 40.2 Å². The van der Waals surface area contributed by atoms with Crippen LogP contribution in [0.25, 0.3) is 0 Å². The number of aryl methyl sites for hydroxylation is 3. The summed E-state index contributed by atoms with van der Waals surface area (Å²) in [6.07, 6.45) is 5.56. The zero-order chi connectivity index (χ0) is 18.4. The van der Waals surface area contributed by atoms with Gasteiger partial charge in [-0.25, -0.2) is 4.98 Å². The van der Waals surface area contributed by atoms with Crippen LogP contribution in [0.15, 0.2) is 48.8 Å². The minimum Gasteiger partial charge on any atom is -0.366 e. The van der Waals surface area contributed by atoms with Gasteiger partial charge in [-0.3, -0.25) is 4.98 Å². The average Bonchev–Trinajstić information content (AvgIpc) is 2.67. The molecule has 0 atom stereocenters. The van der Waals surface area contributed by atoms with Gasteiger partial charge in [-0.1, -0.05) is 38.1 Å². The highest BCUT2D eigenvalue weighted by Gasteiger charge is 2.09. The van der Waals surface area contributed by atoms with Gasteiger partial charge in [-0.05, 0) is 42.5 Å². The van der Waals surface area contributed by atoms with E-state index >= 15 is 0 Å². The smallest absolute Gasteiger partial charge is 0.229 e. The van der Waals surface area contributed by atoms with Crippen LogP contribution in [0, 0.1) is 6.92 Å². The normalized spacial score (nSPS) is 10.6. The number of hydrogen-bond donors (Lipinski definition) is 2. The average molecular weight is 347 g/mol. The monoisotopic (exact) mass is 347 g/mol. The number of nitrogens with one attached hydrogen (secondary N) is 2. The number of hydrogen-bond acceptors (Lipinski definition) is 5. The number of aromatic nitrogens is 3. The molecule has 0 aliphatic rings. The third-order valence-corrected chi connectivity index (χ3v) is 4.29. The lowest BCUT2D eigenvalue weighted by Crippen LogP contribution is -2.07. The van der Waals surface area contributed by atoms with Crippen LogP contribution < -0.4 is 10.6 Å². The maximum atomic E-state index is 4.64. The van der Waals surface area contributed by atoms with Crippen molar-refractivity contribution in [2.24, 2.45) is 0 Å². The lowest BCUT2D eigenvalue weighted by atomic mass is 10.0. The van der Waals surface area contributed by atoms with E-state index in [1.165, 1.54) is 11.1 Å². The van der Waals surface area contributed by atoms with Crippen LogP contribution in [0.3, 0.4) is 0 Å². The van der Waals surface area contributed by atoms with Crippen molar-refractivity contribution in [2.75, 3.05) is 10.6 Å². The minimum absolute atomic E-state index is 0.620. The molecule has 5 heteroatoms. The molecule has 0 aliphatic heterocycles. The zero-order valence-electron chi connectivity index (χ0n) is 15.6. The zero-order valence-corrected chi connectivity index (χ0v) is 15.6. The fraction of sp³-hybridized carbons (Fsp3) is 0.286.